The number of nitrogens with zero attached hydrogens (tertiary/aromatic N) is 3. The fraction of sp³-hybridized carbons (Fsp3) is 0.286. The van der Waals surface area contributed by atoms with Crippen LogP contribution >= 0.6 is 0 Å². The molecule has 1 amide bonds. The first-order valence-corrected chi connectivity index (χ1v) is 9.25. The fourth-order valence-electron chi connectivity index (χ4n) is 3.44. The van der Waals surface area contributed by atoms with Crippen LogP contribution in [0.3, 0.4) is 0 Å². The van der Waals surface area contributed by atoms with Crippen LogP contribution in [0.4, 0.5) is 14.6 Å². The zero-order chi connectivity index (χ0) is 19.5. The van der Waals surface area contributed by atoms with Gasteiger partial charge >= 0.3 is 0 Å². The third kappa shape index (κ3) is 3.78. The highest BCUT2D eigenvalue weighted by molar-refractivity contribution is 5.89. The third-order valence-electron chi connectivity index (χ3n) is 4.87. The minimum atomic E-state index is -2.73. The number of hydrogen-bond donors (Lipinski definition) is 1. The highest BCUT2D eigenvalue weighted by Crippen LogP contribution is 2.25. The molecular formula is C21H20F2N4O. The molecule has 144 valence electrons. The van der Waals surface area contributed by atoms with E-state index < -0.39 is 12.2 Å². The van der Waals surface area contributed by atoms with E-state index in [9.17, 15) is 13.6 Å². The number of halogens is 2. The summed E-state index contributed by atoms with van der Waals surface area (Å²) in [6, 6.07) is 15.1. The van der Waals surface area contributed by atoms with Gasteiger partial charge in [0.1, 0.15) is 5.82 Å². The Kier molecular flexibility index (Phi) is 5.14. The van der Waals surface area contributed by atoms with Crippen LogP contribution in [-0.2, 0) is 17.9 Å². The van der Waals surface area contributed by atoms with E-state index in [-0.39, 0.29) is 5.91 Å². The topological polar surface area (TPSA) is 58.1 Å². The maximum absolute atomic E-state index is 13.1. The maximum atomic E-state index is 13.1. The van der Waals surface area contributed by atoms with Gasteiger partial charge in [-0.25, -0.2) is 18.7 Å². The quantitative estimate of drug-likeness (QED) is 0.646. The number of fused-ring (bicyclic) bond motifs is 2. The largest absolute Gasteiger partial charge is 0.369 e. The number of amides is 1. The molecule has 1 aliphatic rings. The van der Waals surface area contributed by atoms with E-state index in [4.69, 9.17) is 0 Å². The van der Waals surface area contributed by atoms with Crippen LogP contribution in [0.1, 0.15) is 36.2 Å². The number of hydrogen-bond acceptors (Lipinski definition) is 4. The number of benzene rings is 2. The second-order valence-corrected chi connectivity index (χ2v) is 6.80. The molecular weight excluding hydrogens is 362 g/mol. The van der Waals surface area contributed by atoms with Crippen molar-refractivity contribution >= 4 is 22.6 Å². The molecule has 0 fully saturated rings. The van der Waals surface area contributed by atoms with Gasteiger partial charge in [-0.2, -0.15) is 0 Å². The Morgan fingerprint density at radius 1 is 1.04 bits per heavy atom. The first kappa shape index (κ1) is 18.3. The van der Waals surface area contributed by atoms with Gasteiger partial charge in [0.25, 0.3) is 6.43 Å². The standard InChI is InChI=1S/C21H20F2N4O/c22-19(23)21-25-17-9-4-3-8-16(17)20(26-21)24-11-5-10-18(28)27-12-14-6-1-2-7-15(14)13-27/h1-4,6-9,19H,5,10-13H2,(H,24,25,26). The number of anilines is 1. The summed E-state index contributed by atoms with van der Waals surface area (Å²) in [4.78, 5) is 22.2. The molecule has 1 aliphatic heterocycles. The summed E-state index contributed by atoms with van der Waals surface area (Å²) in [6.45, 7) is 1.77. The average Bonchev–Trinajstić information content (AvgIpc) is 3.15. The van der Waals surface area contributed by atoms with Gasteiger partial charge < -0.3 is 10.2 Å². The lowest BCUT2D eigenvalue weighted by molar-refractivity contribution is -0.131. The average molecular weight is 382 g/mol. The molecule has 7 heteroatoms. The van der Waals surface area contributed by atoms with Crippen LogP contribution in [0.25, 0.3) is 10.9 Å². The smallest absolute Gasteiger partial charge is 0.297 e. The van der Waals surface area contributed by atoms with Crippen molar-refractivity contribution in [2.45, 2.75) is 32.4 Å². The molecule has 0 saturated carbocycles. The normalized spacial score (nSPS) is 13.2. The maximum Gasteiger partial charge on any atom is 0.297 e. The highest BCUT2D eigenvalue weighted by atomic mass is 19.3. The molecule has 2 aromatic carbocycles. The van der Waals surface area contributed by atoms with Crippen LogP contribution in [0.5, 0.6) is 0 Å². The molecule has 0 radical (unpaired) electrons. The van der Waals surface area contributed by atoms with E-state index >= 15 is 0 Å². The molecule has 28 heavy (non-hydrogen) atoms. The molecule has 5 nitrogen and oxygen atoms in total. The van der Waals surface area contributed by atoms with Crippen LogP contribution in [-0.4, -0.2) is 27.3 Å². The second-order valence-electron chi connectivity index (χ2n) is 6.80. The Hall–Kier alpha value is -3.09. The summed E-state index contributed by atoms with van der Waals surface area (Å²) >= 11 is 0. The molecule has 2 heterocycles. The number of aromatic nitrogens is 2. The van der Waals surface area contributed by atoms with E-state index in [1.807, 2.05) is 35.2 Å². The van der Waals surface area contributed by atoms with Crippen molar-refractivity contribution in [3.8, 4) is 0 Å². The predicted molar refractivity (Wildman–Crippen MR) is 103 cm³/mol. The Bertz CT molecular complexity index is 984. The molecule has 0 unspecified atom stereocenters. The van der Waals surface area contributed by atoms with Gasteiger partial charge in [-0.1, -0.05) is 36.4 Å². The van der Waals surface area contributed by atoms with E-state index in [1.54, 1.807) is 18.2 Å². The number of alkyl halides is 2. The fourth-order valence-corrected chi connectivity index (χ4v) is 3.44. The molecule has 0 saturated heterocycles. The summed E-state index contributed by atoms with van der Waals surface area (Å²) in [5.41, 5.74) is 2.86. The van der Waals surface area contributed by atoms with Crippen LogP contribution < -0.4 is 5.32 Å². The minimum absolute atomic E-state index is 0.0961. The van der Waals surface area contributed by atoms with E-state index in [2.05, 4.69) is 15.3 Å². The van der Waals surface area contributed by atoms with Crippen molar-refractivity contribution in [3.05, 3.63) is 65.5 Å². The first-order valence-electron chi connectivity index (χ1n) is 9.25. The van der Waals surface area contributed by atoms with Crippen molar-refractivity contribution < 1.29 is 13.6 Å². The Balaban J connectivity index is 1.35. The van der Waals surface area contributed by atoms with E-state index in [0.717, 1.165) is 0 Å². The SMILES string of the molecule is O=C(CCCNc1nc(C(F)F)nc2ccccc12)N1Cc2ccccc2C1. The van der Waals surface area contributed by atoms with Crippen molar-refractivity contribution in [2.75, 3.05) is 11.9 Å². The molecule has 1 aromatic heterocycles. The van der Waals surface area contributed by atoms with E-state index in [1.165, 1.54) is 11.1 Å². The first-order chi connectivity index (χ1) is 13.6. The van der Waals surface area contributed by atoms with Gasteiger partial charge in [0.05, 0.1) is 5.52 Å². The Morgan fingerprint density at radius 3 is 2.43 bits per heavy atom. The van der Waals surface area contributed by atoms with Gasteiger partial charge in [0, 0.05) is 31.4 Å². The second kappa shape index (κ2) is 7.88. The van der Waals surface area contributed by atoms with Gasteiger partial charge in [-0.05, 0) is 29.7 Å². The molecule has 0 atom stereocenters. The number of nitrogens with one attached hydrogen (secondary N) is 1. The Morgan fingerprint density at radius 2 is 1.71 bits per heavy atom. The van der Waals surface area contributed by atoms with Crippen LogP contribution in [0.2, 0.25) is 0 Å². The van der Waals surface area contributed by atoms with Crippen molar-refractivity contribution in [1.29, 1.82) is 0 Å². The predicted octanol–water partition coefficient (Wildman–Crippen LogP) is 4.30. The zero-order valence-corrected chi connectivity index (χ0v) is 15.2. The van der Waals surface area contributed by atoms with Gasteiger partial charge in [-0.3, -0.25) is 4.79 Å². The molecule has 1 N–H and O–H groups in total. The number of rotatable bonds is 6. The summed E-state index contributed by atoms with van der Waals surface area (Å²) in [7, 11) is 0. The lowest BCUT2D eigenvalue weighted by Crippen LogP contribution is -2.25. The molecule has 0 bridgehead atoms. The number of para-hydroxylation sites is 1. The summed E-state index contributed by atoms with van der Waals surface area (Å²) in [6.07, 6.45) is -1.75. The van der Waals surface area contributed by atoms with Crippen LogP contribution in [0.15, 0.2) is 48.5 Å². The van der Waals surface area contributed by atoms with Crippen molar-refractivity contribution in [1.82, 2.24) is 14.9 Å². The minimum Gasteiger partial charge on any atom is -0.369 e. The van der Waals surface area contributed by atoms with Crippen molar-refractivity contribution in [3.63, 3.8) is 0 Å². The molecule has 0 spiro atoms. The molecule has 4 rings (SSSR count). The van der Waals surface area contributed by atoms with Gasteiger partial charge in [0.2, 0.25) is 5.91 Å². The summed E-state index contributed by atoms with van der Waals surface area (Å²) < 4.78 is 26.1. The number of carbonyl (C=O) groups excluding carboxylic acids is 1. The summed E-state index contributed by atoms with van der Waals surface area (Å²) in [5.74, 6) is -0.0205. The lowest BCUT2D eigenvalue weighted by Gasteiger charge is -2.15. The van der Waals surface area contributed by atoms with Crippen LogP contribution in [0, 0.1) is 0 Å². The lowest BCUT2D eigenvalue weighted by atomic mass is 10.1. The zero-order valence-electron chi connectivity index (χ0n) is 15.2. The van der Waals surface area contributed by atoms with E-state index in [0.29, 0.717) is 49.2 Å². The Labute approximate surface area is 161 Å². The monoisotopic (exact) mass is 382 g/mol. The highest BCUT2D eigenvalue weighted by Gasteiger charge is 2.22. The van der Waals surface area contributed by atoms with Gasteiger partial charge in [0.15, 0.2) is 5.82 Å². The van der Waals surface area contributed by atoms with Crippen molar-refractivity contribution in [2.24, 2.45) is 0 Å². The third-order valence-corrected chi connectivity index (χ3v) is 4.87. The van der Waals surface area contributed by atoms with Gasteiger partial charge in [-0.15, -0.1) is 0 Å². The number of carbonyl (C=O) groups is 1. The molecule has 0 aliphatic carbocycles. The molecule has 3 aromatic rings. The summed E-state index contributed by atoms with van der Waals surface area (Å²) in [5, 5.41) is 3.78.